The summed E-state index contributed by atoms with van der Waals surface area (Å²) >= 11 is 0. The molecule has 0 saturated heterocycles. The van der Waals surface area contributed by atoms with E-state index in [0.717, 1.165) is 0 Å². The molecule has 12 heavy (non-hydrogen) atoms. The molecule has 0 amide bonds. The maximum absolute atomic E-state index is 10.5. The molecule has 1 unspecified atom stereocenters. The molecule has 0 bridgehead atoms. The van der Waals surface area contributed by atoms with Gasteiger partial charge in [-0.1, -0.05) is 24.3 Å². The van der Waals surface area contributed by atoms with Crippen LogP contribution in [-0.4, -0.2) is 22.2 Å². The lowest BCUT2D eigenvalue weighted by molar-refractivity contribution is -0.143. The molecular weight excluding hydrogens is 160 g/mol. The van der Waals surface area contributed by atoms with Crippen LogP contribution >= 0.6 is 0 Å². The highest BCUT2D eigenvalue weighted by Crippen LogP contribution is 2.21. The molecule has 1 aliphatic rings. The van der Waals surface area contributed by atoms with E-state index in [1.165, 1.54) is 24.3 Å². The van der Waals surface area contributed by atoms with Gasteiger partial charge in [-0.15, -0.1) is 0 Å². The molecule has 0 saturated carbocycles. The van der Waals surface area contributed by atoms with Crippen molar-refractivity contribution in [2.75, 3.05) is 0 Å². The fourth-order valence-electron chi connectivity index (χ4n) is 0.961. The number of rotatable bonds is 2. The summed E-state index contributed by atoms with van der Waals surface area (Å²) in [5.74, 6) is -3.46. The van der Waals surface area contributed by atoms with Gasteiger partial charge in [0, 0.05) is 0 Å². The van der Waals surface area contributed by atoms with Crippen molar-refractivity contribution in [3.05, 3.63) is 30.2 Å². The minimum Gasteiger partial charge on any atom is -0.481 e. The van der Waals surface area contributed by atoms with Crippen molar-refractivity contribution in [3.63, 3.8) is 0 Å². The Labute approximate surface area is 68.8 Å². The largest absolute Gasteiger partial charge is 0.481 e. The van der Waals surface area contributed by atoms with Gasteiger partial charge in [0.1, 0.15) is 5.92 Å². The zero-order chi connectivity index (χ0) is 9.14. The number of carboxylic acids is 2. The molecule has 0 fully saturated rings. The molecule has 63 valence electrons. The minimum absolute atomic E-state index is 0.106. The summed E-state index contributed by atoms with van der Waals surface area (Å²) < 4.78 is 0. The van der Waals surface area contributed by atoms with Gasteiger partial charge in [0.15, 0.2) is 0 Å². The highest BCUT2D eigenvalue weighted by Gasteiger charge is 2.31. The van der Waals surface area contributed by atoms with Gasteiger partial charge in [0.05, 0.1) is 5.92 Å². The van der Waals surface area contributed by atoms with Crippen molar-refractivity contribution in [1.82, 2.24) is 0 Å². The SMILES string of the molecule is O=C(O)[C]1C=CC=CC1C(=O)O. The quantitative estimate of drug-likeness (QED) is 0.627. The van der Waals surface area contributed by atoms with Crippen LogP contribution in [-0.2, 0) is 9.59 Å². The predicted octanol–water partition coefficient (Wildman–Crippen LogP) is 0.472. The van der Waals surface area contributed by atoms with Gasteiger partial charge in [0.2, 0.25) is 0 Å². The highest BCUT2D eigenvalue weighted by atomic mass is 16.4. The first-order valence-electron chi connectivity index (χ1n) is 3.30. The Balaban J connectivity index is 2.85. The molecule has 0 aromatic carbocycles. The van der Waals surface area contributed by atoms with Crippen LogP contribution in [0.2, 0.25) is 0 Å². The summed E-state index contributed by atoms with van der Waals surface area (Å²) in [5.41, 5.74) is 0. The zero-order valence-electron chi connectivity index (χ0n) is 6.10. The summed E-state index contributed by atoms with van der Waals surface area (Å²) in [6, 6.07) is 0. The molecule has 0 aliphatic heterocycles. The van der Waals surface area contributed by atoms with E-state index >= 15 is 0 Å². The fraction of sp³-hybridized carbons (Fsp3) is 0.125. The highest BCUT2D eigenvalue weighted by molar-refractivity contribution is 5.94. The molecule has 0 aromatic rings. The third kappa shape index (κ3) is 1.53. The Morgan fingerprint density at radius 1 is 1.25 bits per heavy atom. The maximum Gasteiger partial charge on any atom is 0.316 e. The van der Waals surface area contributed by atoms with E-state index in [2.05, 4.69) is 0 Å². The number of carbonyl (C=O) groups is 2. The normalized spacial score (nSPS) is 22.5. The second-order valence-electron chi connectivity index (χ2n) is 2.32. The van der Waals surface area contributed by atoms with Gasteiger partial charge in [0.25, 0.3) is 0 Å². The molecule has 0 spiro atoms. The zero-order valence-corrected chi connectivity index (χ0v) is 6.10. The Bertz CT molecular complexity index is 236. The van der Waals surface area contributed by atoms with E-state index in [1.807, 2.05) is 0 Å². The first kappa shape index (κ1) is 8.52. The lowest BCUT2D eigenvalue weighted by atomic mass is 9.89. The van der Waals surface area contributed by atoms with E-state index in [9.17, 15) is 9.59 Å². The second kappa shape index (κ2) is 3.21. The molecule has 1 rings (SSSR count). The van der Waals surface area contributed by atoms with Crippen LogP contribution in [0.25, 0.3) is 0 Å². The number of aliphatic carboxylic acids is 2. The molecule has 2 N–H and O–H groups in total. The standard InChI is InChI=1S/C8H7O4/c9-7(10)5-3-1-2-4-6(5)8(11)12/h1-5H,(H,9,10)(H,11,12). The average Bonchev–Trinajstić information content (AvgIpc) is 2.04. The monoisotopic (exact) mass is 167 g/mol. The topological polar surface area (TPSA) is 74.6 Å². The van der Waals surface area contributed by atoms with Gasteiger partial charge in [-0.05, 0) is 0 Å². The minimum atomic E-state index is -1.19. The summed E-state index contributed by atoms with van der Waals surface area (Å²) in [5, 5.41) is 17.2. The van der Waals surface area contributed by atoms with Crippen molar-refractivity contribution in [2.45, 2.75) is 0 Å². The van der Waals surface area contributed by atoms with Crippen LogP contribution < -0.4 is 0 Å². The molecule has 4 heteroatoms. The van der Waals surface area contributed by atoms with Gasteiger partial charge < -0.3 is 10.2 Å². The van der Waals surface area contributed by atoms with Gasteiger partial charge in [-0.25, -0.2) is 0 Å². The summed E-state index contributed by atoms with van der Waals surface area (Å²) in [6.45, 7) is 0. The van der Waals surface area contributed by atoms with Crippen molar-refractivity contribution in [1.29, 1.82) is 0 Å². The summed E-state index contributed by atoms with van der Waals surface area (Å²) in [4.78, 5) is 21.0. The number of hydrogen-bond donors (Lipinski definition) is 2. The molecule has 1 radical (unpaired) electrons. The van der Waals surface area contributed by atoms with E-state index < -0.39 is 17.9 Å². The predicted molar refractivity (Wildman–Crippen MR) is 40.3 cm³/mol. The van der Waals surface area contributed by atoms with Crippen LogP contribution in [0, 0.1) is 11.8 Å². The average molecular weight is 167 g/mol. The van der Waals surface area contributed by atoms with Crippen molar-refractivity contribution in [2.24, 2.45) is 5.92 Å². The lowest BCUT2D eigenvalue weighted by Gasteiger charge is -2.14. The first-order chi connectivity index (χ1) is 5.63. The molecular formula is C8H7O4. The van der Waals surface area contributed by atoms with Crippen LogP contribution in [0.1, 0.15) is 0 Å². The first-order valence-corrected chi connectivity index (χ1v) is 3.30. The third-order valence-electron chi connectivity index (χ3n) is 1.54. The Hall–Kier alpha value is -1.58. The van der Waals surface area contributed by atoms with Crippen LogP contribution in [0.5, 0.6) is 0 Å². The third-order valence-corrected chi connectivity index (χ3v) is 1.54. The smallest absolute Gasteiger partial charge is 0.316 e. The number of allylic oxidation sites excluding steroid dienone is 2. The van der Waals surface area contributed by atoms with Crippen molar-refractivity contribution >= 4 is 11.9 Å². The lowest BCUT2D eigenvalue weighted by Crippen LogP contribution is -2.26. The van der Waals surface area contributed by atoms with Crippen LogP contribution in [0.4, 0.5) is 0 Å². The fourth-order valence-corrected chi connectivity index (χ4v) is 0.961. The van der Waals surface area contributed by atoms with Gasteiger partial charge in [-0.2, -0.15) is 0 Å². The Morgan fingerprint density at radius 3 is 2.33 bits per heavy atom. The summed E-state index contributed by atoms with van der Waals surface area (Å²) in [6.07, 6.45) is 5.65. The van der Waals surface area contributed by atoms with Crippen LogP contribution in [0.3, 0.4) is 0 Å². The van der Waals surface area contributed by atoms with E-state index in [-0.39, 0.29) is 5.92 Å². The number of hydrogen-bond acceptors (Lipinski definition) is 2. The van der Waals surface area contributed by atoms with E-state index in [1.54, 1.807) is 0 Å². The van der Waals surface area contributed by atoms with E-state index in [0.29, 0.717) is 0 Å². The molecule has 0 heterocycles. The van der Waals surface area contributed by atoms with Gasteiger partial charge in [-0.3, -0.25) is 9.59 Å². The Kier molecular flexibility index (Phi) is 2.28. The summed E-state index contributed by atoms with van der Waals surface area (Å²) in [7, 11) is 0. The second-order valence-corrected chi connectivity index (χ2v) is 2.32. The number of carboxylic acid groups (broad SMARTS) is 2. The van der Waals surface area contributed by atoms with Crippen molar-refractivity contribution < 1.29 is 19.8 Å². The maximum atomic E-state index is 10.5. The molecule has 1 atom stereocenters. The Morgan fingerprint density at radius 2 is 1.92 bits per heavy atom. The molecule has 0 aromatic heterocycles. The van der Waals surface area contributed by atoms with Crippen molar-refractivity contribution in [3.8, 4) is 0 Å². The van der Waals surface area contributed by atoms with Crippen LogP contribution in [0.15, 0.2) is 24.3 Å². The molecule has 1 aliphatic carbocycles. The van der Waals surface area contributed by atoms with E-state index in [4.69, 9.17) is 10.2 Å². The van der Waals surface area contributed by atoms with Gasteiger partial charge >= 0.3 is 11.9 Å². The molecule has 4 nitrogen and oxygen atoms in total.